The quantitative estimate of drug-likeness (QED) is 0.741. The fourth-order valence-electron chi connectivity index (χ4n) is 1.83. The summed E-state index contributed by atoms with van der Waals surface area (Å²) in [6.07, 6.45) is 1.01. The molecule has 0 spiro atoms. The molecule has 9 heteroatoms. The fourth-order valence-corrected chi connectivity index (χ4v) is 3.42. The van der Waals surface area contributed by atoms with Crippen LogP contribution in [0.2, 0.25) is 0 Å². The van der Waals surface area contributed by atoms with Crippen molar-refractivity contribution < 1.29 is 26.4 Å². The minimum absolute atomic E-state index is 0.00892. The topological polar surface area (TPSA) is 98.8 Å². The van der Waals surface area contributed by atoms with E-state index in [1.54, 1.807) is 31.4 Å². The summed E-state index contributed by atoms with van der Waals surface area (Å²) in [4.78, 5) is 6.71. The zero-order chi connectivity index (χ0) is 17.8. The van der Waals surface area contributed by atoms with Crippen LogP contribution < -0.4 is 9.62 Å². The summed E-state index contributed by atoms with van der Waals surface area (Å²) >= 11 is 0. The molecule has 2 aromatic rings. The Balaban J connectivity index is 2.05. The van der Waals surface area contributed by atoms with E-state index in [0.29, 0.717) is 5.75 Å². The average Bonchev–Trinajstić information content (AvgIpc) is 2.55. The highest BCUT2D eigenvalue weighted by molar-refractivity contribution is 7.91. The van der Waals surface area contributed by atoms with Crippen molar-refractivity contribution in [3.05, 3.63) is 54.1 Å². The molecule has 0 heterocycles. The third kappa shape index (κ3) is 4.78. The molecule has 0 bridgehead atoms. The minimum atomic E-state index is -3.99. The Bertz CT molecular complexity index is 905. The molecule has 0 aliphatic carbocycles. The first-order valence-corrected chi connectivity index (χ1v) is 10.2. The SMILES string of the molecule is COc1ccc(CONS(=O)(=O)c2cccc(S(C)(=O)=O)c2)cc1. The zero-order valence-corrected chi connectivity index (χ0v) is 14.7. The van der Waals surface area contributed by atoms with Gasteiger partial charge in [0.1, 0.15) is 5.75 Å². The van der Waals surface area contributed by atoms with E-state index in [-0.39, 0.29) is 16.4 Å². The zero-order valence-electron chi connectivity index (χ0n) is 13.1. The van der Waals surface area contributed by atoms with Crippen molar-refractivity contribution in [1.82, 2.24) is 4.89 Å². The molecule has 0 fully saturated rings. The summed E-state index contributed by atoms with van der Waals surface area (Å²) in [6.45, 7) is 0.00892. The van der Waals surface area contributed by atoms with Gasteiger partial charge in [-0.1, -0.05) is 23.1 Å². The van der Waals surface area contributed by atoms with Gasteiger partial charge in [-0.2, -0.15) is 0 Å². The Morgan fingerprint density at radius 2 is 1.58 bits per heavy atom. The number of sulfone groups is 1. The maximum atomic E-state index is 12.2. The fraction of sp³-hybridized carbons (Fsp3) is 0.200. The molecule has 0 atom stereocenters. The van der Waals surface area contributed by atoms with Crippen LogP contribution in [0.4, 0.5) is 0 Å². The van der Waals surface area contributed by atoms with E-state index in [9.17, 15) is 16.8 Å². The van der Waals surface area contributed by atoms with Crippen LogP contribution in [-0.4, -0.2) is 30.2 Å². The number of hydrogen-bond donors (Lipinski definition) is 1. The number of rotatable bonds is 7. The second-order valence-electron chi connectivity index (χ2n) is 4.97. The molecule has 0 aliphatic heterocycles. The highest BCUT2D eigenvalue weighted by atomic mass is 32.2. The maximum absolute atomic E-state index is 12.2. The first-order chi connectivity index (χ1) is 11.2. The lowest BCUT2D eigenvalue weighted by molar-refractivity contribution is 0.0795. The number of nitrogens with one attached hydrogen (secondary N) is 1. The van der Waals surface area contributed by atoms with Crippen molar-refractivity contribution in [3.8, 4) is 5.75 Å². The molecule has 0 aromatic heterocycles. The van der Waals surface area contributed by atoms with Crippen LogP contribution in [0.5, 0.6) is 5.75 Å². The predicted octanol–water partition coefficient (Wildman–Crippen LogP) is 1.51. The summed E-state index contributed by atoms with van der Waals surface area (Å²) in [5.74, 6) is 0.678. The van der Waals surface area contributed by atoms with E-state index >= 15 is 0 Å². The van der Waals surface area contributed by atoms with Crippen LogP contribution in [0.3, 0.4) is 0 Å². The number of ether oxygens (including phenoxy) is 1. The van der Waals surface area contributed by atoms with Crippen molar-refractivity contribution in [2.75, 3.05) is 13.4 Å². The van der Waals surface area contributed by atoms with Crippen molar-refractivity contribution in [3.63, 3.8) is 0 Å². The van der Waals surface area contributed by atoms with Crippen molar-refractivity contribution in [2.24, 2.45) is 0 Å². The van der Waals surface area contributed by atoms with E-state index < -0.39 is 19.9 Å². The summed E-state index contributed by atoms with van der Waals surface area (Å²) in [5, 5.41) is 0. The molecule has 2 aromatic carbocycles. The molecule has 0 saturated carbocycles. The maximum Gasteiger partial charge on any atom is 0.262 e. The normalized spacial score (nSPS) is 12.1. The van der Waals surface area contributed by atoms with Crippen LogP contribution >= 0.6 is 0 Å². The Labute approximate surface area is 141 Å². The summed E-state index contributed by atoms with van der Waals surface area (Å²) < 4.78 is 52.3. The summed E-state index contributed by atoms with van der Waals surface area (Å²) in [5.41, 5.74) is 0.739. The monoisotopic (exact) mass is 371 g/mol. The number of sulfonamides is 1. The first kappa shape index (κ1) is 18.4. The molecule has 2 rings (SSSR count). The smallest absolute Gasteiger partial charge is 0.262 e. The van der Waals surface area contributed by atoms with E-state index in [1.165, 1.54) is 18.2 Å². The molecule has 0 aliphatic rings. The van der Waals surface area contributed by atoms with Gasteiger partial charge in [0.25, 0.3) is 10.0 Å². The highest BCUT2D eigenvalue weighted by Crippen LogP contribution is 2.16. The van der Waals surface area contributed by atoms with Crippen LogP contribution in [0.25, 0.3) is 0 Å². The Hall–Kier alpha value is -1.94. The van der Waals surface area contributed by atoms with Gasteiger partial charge >= 0.3 is 0 Å². The predicted molar refractivity (Wildman–Crippen MR) is 87.7 cm³/mol. The summed E-state index contributed by atoms with van der Waals surface area (Å²) in [6, 6.07) is 12.0. The van der Waals surface area contributed by atoms with Gasteiger partial charge in [0.05, 0.1) is 23.5 Å². The lowest BCUT2D eigenvalue weighted by Crippen LogP contribution is -2.24. The van der Waals surface area contributed by atoms with E-state index in [2.05, 4.69) is 0 Å². The van der Waals surface area contributed by atoms with Gasteiger partial charge in [0.2, 0.25) is 0 Å². The molecule has 0 unspecified atom stereocenters. The molecule has 0 amide bonds. The van der Waals surface area contributed by atoms with Crippen LogP contribution in [0.15, 0.2) is 58.3 Å². The largest absolute Gasteiger partial charge is 0.497 e. The molecule has 1 N–H and O–H groups in total. The van der Waals surface area contributed by atoms with Gasteiger partial charge in [0, 0.05) is 6.26 Å². The number of benzene rings is 2. The number of methoxy groups -OCH3 is 1. The first-order valence-electron chi connectivity index (χ1n) is 6.79. The van der Waals surface area contributed by atoms with Crippen LogP contribution in [-0.2, 0) is 31.3 Å². The minimum Gasteiger partial charge on any atom is -0.497 e. The molecule has 130 valence electrons. The van der Waals surface area contributed by atoms with E-state index in [1.807, 2.05) is 4.89 Å². The van der Waals surface area contributed by atoms with E-state index in [0.717, 1.165) is 17.9 Å². The second kappa shape index (κ2) is 7.31. The second-order valence-corrected chi connectivity index (χ2v) is 8.63. The third-order valence-electron chi connectivity index (χ3n) is 3.11. The Kier molecular flexibility index (Phi) is 5.60. The van der Waals surface area contributed by atoms with Gasteiger partial charge in [0.15, 0.2) is 9.84 Å². The van der Waals surface area contributed by atoms with Gasteiger partial charge in [-0.15, -0.1) is 0 Å². The lowest BCUT2D eigenvalue weighted by atomic mass is 10.2. The van der Waals surface area contributed by atoms with Crippen molar-refractivity contribution in [2.45, 2.75) is 16.4 Å². The third-order valence-corrected chi connectivity index (χ3v) is 5.43. The molecule has 7 nitrogen and oxygen atoms in total. The molecule has 0 radical (unpaired) electrons. The molecule has 0 saturated heterocycles. The number of hydrogen-bond acceptors (Lipinski definition) is 6. The molecular formula is C15H17NO6S2. The highest BCUT2D eigenvalue weighted by Gasteiger charge is 2.17. The molecule has 24 heavy (non-hydrogen) atoms. The van der Waals surface area contributed by atoms with Gasteiger partial charge in [-0.3, -0.25) is 4.84 Å². The Morgan fingerprint density at radius 1 is 0.958 bits per heavy atom. The van der Waals surface area contributed by atoms with Gasteiger partial charge < -0.3 is 4.74 Å². The van der Waals surface area contributed by atoms with Crippen molar-refractivity contribution in [1.29, 1.82) is 0 Å². The molecular weight excluding hydrogens is 354 g/mol. The van der Waals surface area contributed by atoms with Crippen LogP contribution in [0, 0.1) is 0 Å². The lowest BCUT2D eigenvalue weighted by Gasteiger charge is -2.09. The Morgan fingerprint density at radius 3 is 2.17 bits per heavy atom. The van der Waals surface area contributed by atoms with Crippen LogP contribution in [0.1, 0.15) is 5.56 Å². The van der Waals surface area contributed by atoms with Gasteiger partial charge in [-0.05, 0) is 35.9 Å². The van der Waals surface area contributed by atoms with E-state index in [4.69, 9.17) is 9.57 Å². The summed E-state index contributed by atoms with van der Waals surface area (Å²) in [7, 11) is -5.94. The standard InChI is InChI=1S/C15H17NO6S2/c1-21-13-8-6-12(7-9-13)11-22-16-24(19,20)15-5-3-4-14(10-15)23(2,17)18/h3-10,16H,11H2,1-2H3. The average molecular weight is 371 g/mol. The van der Waals surface area contributed by atoms with Crippen molar-refractivity contribution >= 4 is 19.9 Å². The van der Waals surface area contributed by atoms with Gasteiger partial charge in [-0.25, -0.2) is 16.8 Å².